The van der Waals surface area contributed by atoms with Crippen molar-refractivity contribution in [2.75, 3.05) is 7.11 Å². The number of hydrogen-bond acceptors (Lipinski definition) is 7. The smallest absolute Gasteiger partial charge is 0.308 e. The number of nitrogens with zero attached hydrogens (tertiary/aromatic N) is 4. The van der Waals surface area contributed by atoms with Crippen molar-refractivity contribution in [1.29, 1.82) is 0 Å². The zero-order chi connectivity index (χ0) is 23.9. The van der Waals surface area contributed by atoms with Crippen molar-refractivity contribution in [3.05, 3.63) is 82.0 Å². The van der Waals surface area contributed by atoms with Crippen molar-refractivity contribution in [2.24, 2.45) is 11.8 Å². The number of hydrogen-bond donors (Lipinski definition) is 0. The Bertz CT molecular complexity index is 1160. The molecule has 0 saturated heterocycles. The molecular formula is C25H27FN4O3S. The number of methoxy groups -OCH3 is 1. The third-order valence-electron chi connectivity index (χ3n) is 6.16. The molecule has 9 heteroatoms. The van der Waals surface area contributed by atoms with Gasteiger partial charge in [-0.2, -0.15) is 4.98 Å². The SMILES string of the molecule is COC(=O)C1CCC(Cn2cc(Cc3cncnc3)c(=O)nc2SCc2ccc(F)cc2)CC1. The Morgan fingerprint density at radius 2 is 1.82 bits per heavy atom. The lowest BCUT2D eigenvalue weighted by molar-refractivity contribution is -0.146. The predicted octanol–water partition coefficient (Wildman–Crippen LogP) is 4.03. The Morgan fingerprint density at radius 1 is 1.12 bits per heavy atom. The summed E-state index contributed by atoms with van der Waals surface area (Å²) in [7, 11) is 1.43. The summed E-state index contributed by atoms with van der Waals surface area (Å²) in [4.78, 5) is 37.2. The molecule has 0 spiro atoms. The van der Waals surface area contributed by atoms with E-state index in [-0.39, 0.29) is 23.3 Å². The van der Waals surface area contributed by atoms with Gasteiger partial charge >= 0.3 is 5.97 Å². The first kappa shape index (κ1) is 24.1. The topological polar surface area (TPSA) is 87.0 Å². The number of thioether (sulfide) groups is 1. The van der Waals surface area contributed by atoms with Gasteiger partial charge in [-0.25, -0.2) is 14.4 Å². The van der Waals surface area contributed by atoms with Crippen LogP contribution in [0.3, 0.4) is 0 Å². The van der Waals surface area contributed by atoms with Crippen molar-refractivity contribution >= 4 is 17.7 Å². The number of ether oxygens (including phenoxy) is 1. The highest BCUT2D eigenvalue weighted by Crippen LogP contribution is 2.32. The van der Waals surface area contributed by atoms with E-state index in [2.05, 4.69) is 19.5 Å². The van der Waals surface area contributed by atoms with Crippen LogP contribution in [-0.2, 0) is 28.2 Å². The third-order valence-corrected chi connectivity index (χ3v) is 7.22. The van der Waals surface area contributed by atoms with Crippen molar-refractivity contribution in [1.82, 2.24) is 19.5 Å². The average Bonchev–Trinajstić information content (AvgIpc) is 2.86. The van der Waals surface area contributed by atoms with Gasteiger partial charge < -0.3 is 9.30 Å². The summed E-state index contributed by atoms with van der Waals surface area (Å²) in [6.07, 6.45) is 10.6. The van der Waals surface area contributed by atoms with E-state index in [0.29, 0.717) is 35.4 Å². The quantitative estimate of drug-likeness (QED) is 0.272. The predicted molar refractivity (Wildman–Crippen MR) is 127 cm³/mol. The van der Waals surface area contributed by atoms with E-state index in [1.807, 2.05) is 6.20 Å². The number of halogens is 1. The minimum absolute atomic E-state index is 0.0330. The van der Waals surface area contributed by atoms with E-state index in [1.54, 1.807) is 24.5 Å². The highest BCUT2D eigenvalue weighted by molar-refractivity contribution is 7.98. The Kier molecular flexibility index (Phi) is 8.05. The van der Waals surface area contributed by atoms with Crippen molar-refractivity contribution in [3.63, 3.8) is 0 Å². The molecule has 0 aliphatic heterocycles. The molecule has 1 fully saturated rings. The Hall–Kier alpha value is -3.07. The molecule has 178 valence electrons. The van der Waals surface area contributed by atoms with Crippen LogP contribution in [0.2, 0.25) is 0 Å². The van der Waals surface area contributed by atoms with Crippen LogP contribution in [0.5, 0.6) is 0 Å². The molecule has 1 saturated carbocycles. The molecule has 2 heterocycles. The number of aromatic nitrogens is 4. The Morgan fingerprint density at radius 3 is 2.50 bits per heavy atom. The number of rotatable bonds is 8. The summed E-state index contributed by atoms with van der Waals surface area (Å²) in [6.45, 7) is 0.714. The van der Waals surface area contributed by atoms with E-state index in [9.17, 15) is 14.0 Å². The van der Waals surface area contributed by atoms with Crippen LogP contribution in [0.1, 0.15) is 42.4 Å². The lowest BCUT2D eigenvalue weighted by atomic mass is 9.82. The van der Waals surface area contributed by atoms with Crippen LogP contribution in [0.15, 0.2) is 59.1 Å². The summed E-state index contributed by atoms with van der Waals surface area (Å²) in [5, 5.41) is 0.637. The van der Waals surface area contributed by atoms with E-state index >= 15 is 0 Å². The molecule has 1 aliphatic rings. The molecular weight excluding hydrogens is 455 g/mol. The van der Waals surface area contributed by atoms with Gasteiger partial charge in [0.2, 0.25) is 0 Å². The maximum atomic E-state index is 13.2. The van der Waals surface area contributed by atoms with Gasteiger partial charge in [0.25, 0.3) is 5.56 Å². The van der Waals surface area contributed by atoms with Gasteiger partial charge in [0, 0.05) is 42.9 Å². The van der Waals surface area contributed by atoms with Crippen LogP contribution in [0.25, 0.3) is 0 Å². The molecule has 1 aromatic carbocycles. The van der Waals surface area contributed by atoms with E-state index in [0.717, 1.165) is 36.8 Å². The lowest BCUT2D eigenvalue weighted by Gasteiger charge is -2.28. The second kappa shape index (κ2) is 11.4. The molecule has 3 aromatic rings. The van der Waals surface area contributed by atoms with E-state index in [1.165, 1.54) is 37.3 Å². The maximum Gasteiger partial charge on any atom is 0.308 e. The molecule has 0 amide bonds. The van der Waals surface area contributed by atoms with Gasteiger partial charge in [-0.3, -0.25) is 9.59 Å². The van der Waals surface area contributed by atoms with Crippen molar-refractivity contribution in [3.8, 4) is 0 Å². The minimum atomic E-state index is -0.277. The maximum absolute atomic E-state index is 13.2. The molecule has 4 rings (SSSR count). The van der Waals surface area contributed by atoms with Gasteiger partial charge in [0.1, 0.15) is 12.1 Å². The Labute approximate surface area is 201 Å². The lowest BCUT2D eigenvalue weighted by Crippen LogP contribution is -2.27. The molecule has 0 N–H and O–H groups in total. The first-order chi connectivity index (χ1) is 16.5. The van der Waals surface area contributed by atoms with Crippen molar-refractivity contribution in [2.45, 2.75) is 49.6 Å². The zero-order valence-corrected chi connectivity index (χ0v) is 19.8. The molecule has 34 heavy (non-hydrogen) atoms. The van der Waals surface area contributed by atoms with Gasteiger partial charge in [-0.15, -0.1) is 0 Å². The molecule has 0 radical (unpaired) electrons. The largest absolute Gasteiger partial charge is 0.469 e. The Balaban J connectivity index is 1.54. The van der Waals surface area contributed by atoms with Crippen LogP contribution in [0.4, 0.5) is 4.39 Å². The summed E-state index contributed by atoms with van der Waals surface area (Å²) in [5.74, 6) is 0.512. The van der Waals surface area contributed by atoms with E-state index in [4.69, 9.17) is 4.74 Å². The van der Waals surface area contributed by atoms with Crippen LogP contribution < -0.4 is 5.56 Å². The summed E-state index contributed by atoms with van der Waals surface area (Å²) >= 11 is 1.46. The minimum Gasteiger partial charge on any atom is -0.469 e. The monoisotopic (exact) mass is 482 g/mol. The fourth-order valence-corrected chi connectivity index (χ4v) is 5.21. The van der Waals surface area contributed by atoms with Gasteiger partial charge in [0.05, 0.1) is 13.0 Å². The first-order valence-corrected chi connectivity index (χ1v) is 12.3. The number of esters is 1. The second-order valence-corrected chi connectivity index (χ2v) is 9.53. The van der Waals surface area contributed by atoms with Crippen LogP contribution in [-0.4, -0.2) is 32.6 Å². The van der Waals surface area contributed by atoms with Gasteiger partial charge in [-0.1, -0.05) is 23.9 Å². The van der Waals surface area contributed by atoms with E-state index < -0.39 is 0 Å². The van der Waals surface area contributed by atoms with Crippen LogP contribution >= 0.6 is 11.8 Å². The molecule has 2 aromatic heterocycles. The second-order valence-electron chi connectivity index (χ2n) is 8.59. The number of benzene rings is 1. The first-order valence-electron chi connectivity index (χ1n) is 11.3. The van der Waals surface area contributed by atoms with Crippen molar-refractivity contribution < 1.29 is 13.9 Å². The highest BCUT2D eigenvalue weighted by Gasteiger charge is 2.27. The molecule has 0 atom stereocenters. The molecule has 7 nitrogen and oxygen atoms in total. The summed E-state index contributed by atoms with van der Waals surface area (Å²) in [5.41, 5.74) is 2.12. The summed E-state index contributed by atoms with van der Waals surface area (Å²) < 4.78 is 20.2. The third kappa shape index (κ3) is 6.28. The standard InChI is InChI=1S/C25H27FN4O3S/c1-33-24(32)20-6-2-17(3-7-20)13-30-14-21(10-19-11-27-16-28-12-19)23(31)29-25(30)34-15-18-4-8-22(26)9-5-18/h4-5,8-9,11-12,14,16-17,20H,2-3,6-7,10,13,15H2,1H3. The van der Waals surface area contributed by atoms with Crippen LogP contribution in [0, 0.1) is 17.7 Å². The average molecular weight is 483 g/mol. The normalized spacial score (nSPS) is 17.9. The van der Waals surface area contributed by atoms with Gasteiger partial charge in [-0.05, 0) is 54.9 Å². The fourth-order valence-electron chi connectivity index (χ4n) is 4.28. The summed E-state index contributed by atoms with van der Waals surface area (Å²) in [6, 6.07) is 6.34. The van der Waals surface area contributed by atoms with Gasteiger partial charge in [0.15, 0.2) is 5.16 Å². The number of carbonyl (C=O) groups is 1. The molecule has 1 aliphatic carbocycles. The fraction of sp³-hybridized carbons (Fsp3) is 0.400. The molecule has 0 bridgehead atoms. The number of carbonyl (C=O) groups excluding carboxylic acids is 1. The zero-order valence-electron chi connectivity index (χ0n) is 19.0. The highest BCUT2D eigenvalue weighted by atomic mass is 32.2. The molecule has 0 unspecified atom stereocenters.